The smallest absolute Gasteiger partial charge is 0.339 e. The summed E-state index contributed by atoms with van der Waals surface area (Å²) in [5, 5.41) is 9.30. The Bertz CT molecular complexity index is 806. The van der Waals surface area contributed by atoms with Gasteiger partial charge in [-0.25, -0.2) is 18.2 Å². The molecule has 2 rings (SSSR count). The van der Waals surface area contributed by atoms with E-state index in [2.05, 4.69) is 9.71 Å². The number of nitrogens with zero attached hydrogens (tertiary/aromatic N) is 1. The molecule has 21 heavy (non-hydrogen) atoms. The van der Waals surface area contributed by atoms with Gasteiger partial charge in [0.25, 0.3) is 10.0 Å². The number of rotatable bonds is 4. The topological polar surface area (TPSA) is 96.4 Å². The number of aromatic carboxylic acids is 1. The fourth-order valence-electron chi connectivity index (χ4n) is 1.70. The highest BCUT2D eigenvalue weighted by Gasteiger charge is 2.21. The first-order valence-corrected chi connectivity index (χ1v) is 7.64. The molecule has 6 nitrogen and oxygen atoms in total. The predicted octanol–water partition coefficient (Wildman–Crippen LogP) is 2.54. The molecular weight excluding hydrogens is 316 g/mol. The van der Waals surface area contributed by atoms with Gasteiger partial charge in [-0.2, -0.15) is 0 Å². The Labute approximate surface area is 126 Å². The minimum atomic E-state index is -3.98. The van der Waals surface area contributed by atoms with Gasteiger partial charge in [0.15, 0.2) is 5.82 Å². The lowest BCUT2D eigenvalue weighted by molar-refractivity contribution is 0.0697. The van der Waals surface area contributed by atoms with Crippen LogP contribution >= 0.6 is 11.6 Å². The number of carboxylic acid groups (broad SMARTS) is 1. The summed E-state index contributed by atoms with van der Waals surface area (Å²) in [6.07, 6.45) is 1.30. The van der Waals surface area contributed by atoms with Crippen LogP contribution in [-0.2, 0) is 10.0 Å². The van der Waals surface area contributed by atoms with E-state index in [0.717, 1.165) is 0 Å². The van der Waals surface area contributed by atoms with Crippen molar-refractivity contribution in [3.8, 4) is 0 Å². The number of nitrogens with one attached hydrogen (secondary N) is 1. The summed E-state index contributed by atoms with van der Waals surface area (Å²) < 4.78 is 26.9. The molecule has 0 aliphatic heterocycles. The summed E-state index contributed by atoms with van der Waals surface area (Å²) in [4.78, 5) is 14.8. The number of anilines is 1. The maximum Gasteiger partial charge on any atom is 0.339 e. The van der Waals surface area contributed by atoms with Gasteiger partial charge in [0.05, 0.1) is 4.90 Å². The van der Waals surface area contributed by atoms with Gasteiger partial charge in [0, 0.05) is 11.2 Å². The van der Waals surface area contributed by atoms with E-state index in [1.54, 1.807) is 19.1 Å². The number of carboxylic acids is 1. The van der Waals surface area contributed by atoms with Gasteiger partial charge in [0.2, 0.25) is 0 Å². The third-order valence-corrected chi connectivity index (χ3v) is 4.42. The van der Waals surface area contributed by atoms with Gasteiger partial charge < -0.3 is 5.11 Å². The van der Waals surface area contributed by atoms with E-state index in [1.807, 2.05) is 0 Å². The maximum atomic E-state index is 12.3. The zero-order valence-electron chi connectivity index (χ0n) is 10.9. The quantitative estimate of drug-likeness (QED) is 0.900. The molecule has 0 aliphatic carbocycles. The molecule has 2 N–H and O–H groups in total. The zero-order valence-corrected chi connectivity index (χ0v) is 12.4. The molecule has 110 valence electrons. The molecule has 0 radical (unpaired) electrons. The van der Waals surface area contributed by atoms with E-state index >= 15 is 0 Å². The molecule has 0 saturated carbocycles. The van der Waals surface area contributed by atoms with Crippen molar-refractivity contribution in [3.63, 3.8) is 0 Å². The Hall–Kier alpha value is -2.12. The first-order chi connectivity index (χ1) is 9.81. The average molecular weight is 327 g/mol. The third-order valence-electron chi connectivity index (χ3n) is 2.71. The molecule has 0 fully saturated rings. The lowest BCUT2D eigenvalue weighted by atomic mass is 10.2. The van der Waals surface area contributed by atoms with Crippen molar-refractivity contribution in [1.29, 1.82) is 0 Å². The van der Waals surface area contributed by atoms with Crippen LogP contribution in [0.4, 0.5) is 5.82 Å². The third kappa shape index (κ3) is 3.32. The van der Waals surface area contributed by atoms with Crippen molar-refractivity contribution in [1.82, 2.24) is 4.98 Å². The Morgan fingerprint density at radius 1 is 1.33 bits per heavy atom. The molecule has 1 aromatic heterocycles. The molecule has 0 unspecified atom stereocenters. The second-order valence-corrected chi connectivity index (χ2v) is 6.31. The molecular formula is C13H11ClN2O4S. The molecule has 0 spiro atoms. The van der Waals surface area contributed by atoms with Gasteiger partial charge in [-0.15, -0.1) is 0 Å². The van der Waals surface area contributed by atoms with Crippen LogP contribution in [0.2, 0.25) is 5.02 Å². The highest BCUT2D eigenvalue weighted by atomic mass is 35.5. The van der Waals surface area contributed by atoms with Crippen molar-refractivity contribution < 1.29 is 18.3 Å². The standard InChI is InChI=1S/C13H11ClN2O4S/c1-8-4-5-9(14)7-11(8)21(19,20)16-12-10(13(17)18)3-2-6-15-12/h2-7H,1H3,(H,15,16)(H,17,18). The lowest BCUT2D eigenvalue weighted by Crippen LogP contribution is -2.17. The van der Waals surface area contributed by atoms with Crippen LogP contribution in [0.15, 0.2) is 41.4 Å². The molecule has 0 atom stereocenters. The van der Waals surface area contributed by atoms with Crippen molar-refractivity contribution in [3.05, 3.63) is 52.7 Å². The summed E-state index contributed by atoms with van der Waals surface area (Å²) >= 11 is 5.81. The fraction of sp³-hybridized carbons (Fsp3) is 0.0769. The number of pyridine rings is 1. The van der Waals surface area contributed by atoms with E-state index in [1.165, 1.54) is 24.4 Å². The number of aromatic nitrogens is 1. The monoisotopic (exact) mass is 326 g/mol. The minimum absolute atomic E-state index is 0.0306. The van der Waals surface area contributed by atoms with Crippen molar-refractivity contribution >= 4 is 33.4 Å². The number of sulfonamides is 1. The number of benzene rings is 1. The second kappa shape index (κ2) is 5.71. The number of hydrogen-bond donors (Lipinski definition) is 2. The van der Waals surface area contributed by atoms with Crippen LogP contribution in [-0.4, -0.2) is 24.5 Å². The Morgan fingerprint density at radius 3 is 2.71 bits per heavy atom. The molecule has 1 heterocycles. The first kappa shape index (κ1) is 15.3. The summed E-state index contributed by atoms with van der Waals surface area (Å²) in [5.41, 5.74) is 0.250. The van der Waals surface area contributed by atoms with Crippen LogP contribution < -0.4 is 4.72 Å². The molecule has 0 saturated heterocycles. The Kier molecular flexibility index (Phi) is 4.15. The summed E-state index contributed by atoms with van der Waals surface area (Å²) in [5.74, 6) is -1.52. The second-order valence-electron chi connectivity index (χ2n) is 4.22. The van der Waals surface area contributed by atoms with Gasteiger partial charge in [0.1, 0.15) is 5.56 Å². The molecule has 0 aliphatic rings. The number of carbonyl (C=O) groups is 1. The summed E-state index contributed by atoms with van der Waals surface area (Å²) in [6.45, 7) is 1.61. The molecule has 0 amide bonds. The Balaban J connectivity index is 2.48. The van der Waals surface area contributed by atoms with Gasteiger partial charge in [-0.3, -0.25) is 4.72 Å². The van der Waals surface area contributed by atoms with Gasteiger partial charge in [-0.1, -0.05) is 17.7 Å². The van der Waals surface area contributed by atoms with Gasteiger partial charge in [-0.05, 0) is 36.8 Å². The number of hydrogen-bond acceptors (Lipinski definition) is 4. The van der Waals surface area contributed by atoms with E-state index in [0.29, 0.717) is 5.56 Å². The van der Waals surface area contributed by atoms with E-state index in [4.69, 9.17) is 16.7 Å². The van der Waals surface area contributed by atoms with Crippen LogP contribution in [0.1, 0.15) is 15.9 Å². The van der Waals surface area contributed by atoms with Gasteiger partial charge >= 0.3 is 5.97 Å². The highest BCUT2D eigenvalue weighted by Crippen LogP contribution is 2.23. The van der Waals surface area contributed by atoms with Crippen molar-refractivity contribution in [2.24, 2.45) is 0 Å². The average Bonchev–Trinajstić information content (AvgIpc) is 2.41. The Morgan fingerprint density at radius 2 is 2.05 bits per heavy atom. The maximum absolute atomic E-state index is 12.3. The summed E-state index contributed by atoms with van der Waals surface area (Å²) in [7, 11) is -3.98. The minimum Gasteiger partial charge on any atom is -0.478 e. The number of aryl methyl sites for hydroxylation is 1. The van der Waals surface area contributed by atoms with Crippen LogP contribution in [0.25, 0.3) is 0 Å². The van der Waals surface area contributed by atoms with E-state index < -0.39 is 16.0 Å². The lowest BCUT2D eigenvalue weighted by Gasteiger charge is -2.11. The van der Waals surface area contributed by atoms with Crippen molar-refractivity contribution in [2.45, 2.75) is 11.8 Å². The van der Waals surface area contributed by atoms with Crippen molar-refractivity contribution in [2.75, 3.05) is 4.72 Å². The summed E-state index contributed by atoms with van der Waals surface area (Å²) in [6, 6.07) is 7.10. The van der Waals surface area contributed by atoms with Crippen LogP contribution in [0.5, 0.6) is 0 Å². The predicted molar refractivity (Wildman–Crippen MR) is 78.2 cm³/mol. The van der Waals surface area contributed by atoms with Crippen LogP contribution in [0.3, 0.4) is 0 Å². The molecule has 0 bridgehead atoms. The molecule has 8 heteroatoms. The molecule has 2 aromatic rings. The SMILES string of the molecule is Cc1ccc(Cl)cc1S(=O)(=O)Nc1ncccc1C(=O)O. The number of halogens is 1. The van der Waals surface area contributed by atoms with E-state index in [9.17, 15) is 13.2 Å². The highest BCUT2D eigenvalue weighted by molar-refractivity contribution is 7.92. The largest absolute Gasteiger partial charge is 0.478 e. The van der Waals surface area contributed by atoms with E-state index in [-0.39, 0.29) is 21.3 Å². The zero-order chi connectivity index (χ0) is 15.6. The fourth-order valence-corrected chi connectivity index (χ4v) is 3.24. The first-order valence-electron chi connectivity index (χ1n) is 5.78. The normalized spacial score (nSPS) is 11.1. The molecule has 1 aromatic carbocycles. The van der Waals surface area contributed by atoms with Crippen LogP contribution in [0, 0.1) is 6.92 Å².